The Kier molecular flexibility index (Phi) is 5.00. The van der Waals surface area contributed by atoms with Crippen LogP contribution in [0, 0.1) is 12.7 Å². The Hall–Kier alpha value is -1.13. The second kappa shape index (κ2) is 6.55. The van der Waals surface area contributed by atoms with Crippen LogP contribution in [0.5, 0.6) is 0 Å². The smallest absolute Gasteiger partial charge is 0.167 e. The Bertz CT molecular complexity index is 655. The van der Waals surface area contributed by atoms with Crippen molar-refractivity contribution >= 4 is 33.5 Å². The van der Waals surface area contributed by atoms with Gasteiger partial charge in [0.15, 0.2) is 5.78 Å². The number of ketones is 1. The van der Waals surface area contributed by atoms with E-state index in [0.29, 0.717) is 16.0 Å². The average Bonchev–Trinajstić information content (AvgIpc) is 2.42. The molecular formula is C16H14BrFOS. The lowest BCUT2D eigenvalue weighted by molar-refractivity contribution is 0.0993. The topological polar surface area (TPSA) is 17.1 Å². The van der Waals surface area contributed by atoms with Gasteiger partial charge in [0, 0.05) is 21.4 Å². The molecule has 4 heteroatoms. The minimum absolute atomic E-state index is 0.00287. The molecule has 1 nitrogen and oxygen atoms in total. The van der Waals surface area contributed by atoms with E-state index in [-0.39, 0.29) is 18.0 Å². The van der Waals surface area contributed by atoms with Gasteiger partial charge >= 0.3 is 0 Å². The summed E-state index contributed by atoms with van der Waals surface area (Å²) in [6.45, 7) is 1.94. The van der Waals surface area contributed by atoms with Gasteiger partial charge in [0.2, 0.25) is 0 Å². The first-order chi connectivity index (χ1) is 9.51. The summed E-state index contributed by atoms with van der Waals surface area (Å²) >= 11 is 4.77. The molecule has 0 bridgehead atoms. The molecule has 20 heavy (non-hydrogen) atoms. The highest BCUT2D eigenvalue weighted by molar-refractivity contribution is 9.10. The lowest BCUT2D eigenvalue weighted by atomic mass is 10.0. The van der Waals surface area contributed by atoms with Crippen LogP contribution in [0.4, 0.5) is 4.39 Å². The van der Waals surface area contributed by atoms with Gasteiger partial charge in [0.05, 0.1) is 0 Å². The lowest BCUT2D eigenvalue weighted by Gasteiger charge is -2.06. The zero-order valence-corrected chi connectivity index (χ0v) is 13.6. The molecule has 0 heterocycles. The third kappa shape index (κ3) is 3.49. The fraction of sp³-hybridized carbons (Fsp3) is 0.188. The van der Waals surface area contributed by atoms with Crippen molar-refractivity contribution in [3.05, 3.63) is 63.4 Å². The second-order valence-electron chi connectivity index (χ2n) is 4.53. The zero-order valence-electron chi connectivity index (χ0n) is 11.2. The molecule has 0 spiro atoms. The van der Waals surface area contributed by atoms with E-state index in [4.69, 9.17) is 0 Å². The number of thioether (sulfide) groups is 1. The fourth-order valence-corrected chi connectivity index (χ4v) is 2.63. The van der Waals surface area contributed by atoms with Crippen LogP contribution in [0.15, 0.2) is 45.8 Å². The molecule has 2 rings (SSSR count). The summed E-state index contributed by atoms with van der Waals surface area (Å²) in [5.41, 5.74) is 2.37. The SMILES string of the molecule is CSc1ccc(CC(=O)c2ccc(Br)c(C)c2)cc1F. The average molecular weight is 353 g/mol. The van der Waals surface area contributed by atoms with Crippen molar-refractivity contribution in [1.29, 1.82) is 0 Å². The molecule has 0 aromatic heterocycles. The predicted octanol–water partition coefficient (Wildman–Crippen LogP) is 5.04. The largest absolute Gasteiger partial charge is 0.294 e. The highest BCUT2D eigenvalue weighted by Gasteiger charge is 2.10. The Labute approximate surface area is 130 Å². The van der Waals surface area contributed by atoms with Crippen LogP contribution >= 0.6 is 27.7 Å². The maximum Gasteiger partial charge on any atom is 0.167 e. The summed E-state index contributed by atoms with van der Waals surface area (Å²) in [5.74, 6) is -0.272. The van der Waals surface area contributed by atoms with E-state index >= 15 is 0 Å². The number of rotatable bonds is 4. The van der Waals surface area contributed by atoms with Crippen molar-refractivity contribution in [3.63, 3.8) is 0 Å². The van der Waals surface area contributed by atoms with Crippen LogP contribution in [-0.4, -0.2) is 12.0 Å². The standard InChI is InChI=1S/C16H14BrFOS/c1-10-7-12(4-5-13(10)17)15(19)9-11-3-6-16(20-2)14(18)8-11/h3-8H,9H2,1-2H3. The van der Waals surface area contributed by atoms with Crippen LogP contribution < -0.4 is 0 Å². The summed E-state index contributed by atoms with van der Waals surface area (Å²) in [5, 5.41) is 0. The first-order valence-electron chi connectivity index (χ1n) is 6.13. The Balaban J connectivity index is 2.19. The molecule has 0 radical (unpaired) electrons. The van der Waals surface area contributed by atoms with Crippen LogP contribution in [0.3, 0.4) is 0 Å². The fourth-order valence-electron chi connectivity index (χ4n) is 1.93. The Morgan fingerprint density at radius 2 is 2.00 bits per heavy atom. The normalized spacial score (nSPS) is 10.6. The van der Waals surface area contributed by atoms with Gasteiger partial charge in [-0.2, -0.15) is 0 Å². The van der Waals surface area contributed by atoms with Crippen LogP contribution in [-0.2, 0) is 6.42 Å². The number of carbonyl (C=O) groups excluding carboxylic acids is 1. The predicted molar refractivity (Wildman–Crippen MR) is 85.1 cm³/mol. The summed E-state index contributed by atoms with van der Waals surface area (Å²) in [4.78, 5) is 12.8. The molecule has 2 aromatic rings. The number of benzene rings is 2. The van der Waals surface area contributed by atoms with Gasteiger partial charge in [0.25, 0.3) is 0 Å². The maximum atomic E-state index is 13.7. The number of hydrogen-bond acceptors (Lipinski definition) is 2. The van der Waals surface area contributed by atoms with E-state index in [9.17, 15) is 9.18 Å². The van der Waals surface area contributed by atoms with Gasteiger partial charge in [-0.3, -0.25) is 4.79 Å². The van der Waals surface area contributed by atoms with Gasteiger partial charge in [-0.25, -0.2) is 4.39 Å². The lowest BCUT2D eigenvalue weighted by Crippen LogP contribution is -2.04. The minimum atomic E-state index is -0.269. The summed E-state index contributed by atoms with van der Waals surface area (Å²) in [6, 6.07) is 10.5. The molecule has 0 amide bonds. The quantitative estimate of drug-likeness (QED) is 0.566. The monoisotopic (exact) mass is 352 g/mol. The molecule has 0 N–H and O–H groups in total. The van der Waals surface area contributed by atoms with Crippen molar-refractivity contribution in [1.82, 2.24) is 0 Å². The first kappa shape index (κ1) is 15.3. The molecule has 0 saturated carbocycles. The minimum Gasteiger partial charge on any atom is -0.294 e. The van der Waals surface area contributed by atoms with Crippen molar-refractivity contribution in [3.8, 4) is 0 Å². The molecule has 0 atom stereocenters. The van der Waals surface area contributed by atoms with Gasteiger partial charge in [0.1, 0.15) is 5.82 Å². The van der Waals surface area contributed by atoms with E-state index in [1.807, 2.05) is 25.3 Å². The molecule has 2 aromatic carbocycles. The number of Topliss-reactive ketones (excluding diaryl/α,β-unsaturated/α-hetero) is 1. The highest BCUT2D eigenvalue weighted by Crippen LogP contribution is 2.22. The second-order valence-corrected chi connectivity index (χ2v) is 6.24. The van der Waals surface area contributed by atoms with E-state index in [1.54, 1.807) is 18.2 Å². The molecule has 0 aliphatic heterocycles. The maximum absolute atomic E-state index is 13.7. The Morgan fingerprint density at radius 1 is 1.25 bits per heavy atom. The van der Waals surface area contributed by atoms with E-state index in [0.717, 1.165) is 10.0 Å². The number of carbonyl (C=O) groups is 1. The van der Waals surface area contributed by atoms with Crippen LogP contribution in [0.25, 0.3) is 0 Å². The molecule has 0 unspecified atom stereocenters. The number of hydrogen-bond donors (Lipinski definition) is 0. The van der Waals surface area contributed by atoms with Crippen molar-refractivity contribution in [2.24, 2.45) is 0 Å². The van der Waals surface area contributed by atoms with E-state index in [2.05, 4.69) is 15.9 Å². The van der Waals surface area contributed by atoms with Crippen LogP contribution in [0.2, 0.25) is 0 Å². The summed E-state index contributed by atoms with van der Waals surface area (Å²) < 4.78 is 14.7. The summed E-state index contributed by atoms with van der Waals surface area (Å²) in [6.07, 6.45) is 2.04. The van der Waals surface area contributed by atoms with Gasteiger partial charge in [-0.15, -0.1) is 11.8 Å². The van der Waals surface area contributed by atoms with Crippen molar-refractivity contribution < 1.29 is 9.18 Å². The van der Waals surface area contributed by atoms with Gasteiger partial charge in [-0.05, 0) is 48.6 Å². The van der Waals surface area contributed by atoms with E-state index in [1.165, 1.54) is 17.8 Å². The zero-order chi connectivity index (χ0) is 14.7. The third-order valence-electron chi connectivity index (χ3n) is 3.06. The van der Waals surface area contributed by atoms with E-state index < -0.39 is 0 Å². The molecule has 0 fully saturated rings. The molecular weight excluding hydrogens is 339 g/mol. The number of halogens is 2. The molecule has 0 aliphatic rings. The molecule has 0 aliphatic carbocycles. The van der Waals surface area contributed by atoms with Gasteiger partial charge in [-0.1, -0.05) is 28.1 Å². The Morgan fingerprint density at radius 3 is 2.60 bits per heavy atom. The highest BCUT2D eigenvalue weighted by atomic mass is 79.9. The third-order valence-corrected chi connectivity index (χ3v) is 4.72. The van der Waals surface area contributed by atoms with Crippen molar-refractivity contribution in [2.75, 3.05) is 6.26 Å². The summed E-state index contributed by atoms with van der Waals surface area (Å²) in [7, 11) is 0. The molecule has 0 saturated heterocycles. The van der Waals surface area contributed by atoms with Gasteiger partial charge < -0.3 is 0 Å². The van der Waals surface area contributed by atoms with Crippen LogP contribution in [0.1, 0.15) is 21.5 Å². The molecule has 104 valence electrons. The number of aryl methyl sites for hydroxylation is 1. The van der Waals surface area contributed by atoms with Crippen molar-refractivity contribution in [2.45, 2.75) is 18.2 Å². The first-order valence-corrected chi connectivity index (χ1v) is 8.15.